The number of nitrogens with two attached hydrogens (primary N) is 1. The molecule has 94 valence electrons. The van der Waals surface area contributed by atoms with E-state index in [1.54, 1.807) is 0 Å². The number of halogens is 1. The maximum Gasteiger partial charge on any atom is 0.180 e. The van der Waals surface area contributed by atoms with Crippen molar-refractivity contribution in [3.63, 3.8) is 0 Å². The number of hydrogen-bond donors (Lipinski definition) is 2. The van der Waals surface area contributed by atoms with Gasteiger partial charge in [-0.05, 0) is 12.0 Å². The average Bonchev–Trinajstić information content (AvgIpc) is 2.29. The molecule has 0 aliphatic carbocycles. The molecule has 0 amide bonds. The van der Waals surface area contributed by atoms with E-state index in [1.807, 2.05) is 13.8 Å². The molecule has 0 aromatic heterocycles. The van der Waals surface area contributed by atoms with E-state index in [0.29, 0.717) is 5.69 Å². The van der Waals surface area contributed by atoms with Gasteiger partial charge in [0.2, 0.25) is 0 Å². The number of rotatable bonds is 4. The molecular formula is C12H16BrNO3. The van der Waals surface area contributed by atoms with Gasteiger partial charge in [-0.1, -0.05) is 29.8 Å². The highest BCUT2D eigenvalue weighted by atomic mass is 79.9. The van der Waals surface area contributed by atoms with E-state index in [1.165, 1.54) is 19.2 Å². The predicted octanol–water partition coefficient (Wildman–Crippen LogP) is 2.59. The summed E-state index contributed by atoms with van der Waals surface area (Å²) in [6.07, 6.45) is 0. The second-order valence-corrected chi connectivity index (χ2v) is 5.12. The molecule has 0 radical (unpaired) electrons. The summed E-state index contributed by atoms with van der Waals surface area (Å²) in [5.74, 6) is -0.0500. The molecule has 1 atom stereocenters. The van der Waals surface area contributed by atoms with E-state index < -0.39 is 0 Å². The van der Waals surface area contributed by atoms with Crippen molar-refractivity contribution in [1.29, 1.82) is 0 Å². The van der Waals surface area contributed by atoms with E-state index >= 15 is 0 Å². The molecule has 0 bridgehead atoms. The van der Waals surface area contributed by atoms with Crippen LogP contribution in [-0.2, 0) is 0 Å². The molecule has 0 aliphatic heterocycles. The number of carbonyl (C=O) groups excluding carboxylic acids is 1. The smallest absolute Gasteiger partial charge is 0.180 e. The van der Waals surface area contributed by atoms with Gasteiger partial charge in [0.1, 0.15) is 0 Å². The third-order valence-corrected chi connectivity index (χ3v) is 3.89. The van der Waals surface area contributed by atoms with Crippen LogP contribution in [0.3, 0.4) is 0 Å². The summed E-state index contributed by atoms with van der Waals surface area (Å²) in [7, 11) is 1.41. The fourth-order valence-electron chi connectivity index (χ4n) is 1.42. The molecule has 0 aliphatic rings. The number of Topliss-reactive ketones (excluding diaryl/α,β-unsaturated/α-hetero) is 1. The van der Waals surface area contributed by atoms with Crippen molar-refractivity contribution in [2.45, 2.75) is 18.7 Å². The molecule has 1 unspecified atom stereocenters. The number of ether oxygens (including phenoxy) is 1. The molecule has 0 saturated heterocycles. The van der Waals surface area contributed by atoms with Crippen LogP contribution in [0.4, 0.5) is 5.69 Å². The van der Waals surface area contributed by atoms with Gasteiger partial charge >= 0.3 is 0 Å². The van der Waals surface area contributed by atoms with Crippen molar-refractivity contribution < 1.29 is 14.6 Å². The minimum absolute atomic E-state index is 0.120. The summed E-state index contributed by atoms with van der Waals surface area (Å²) in [4.78, 5) is 11.7. The Bertz CT molecular complexity index is 432. The number of alkyl halides is 1. The first-order chi connectivity index (χ1) is 7.88. The molecule has 0 heterocycles. The first-order valence-electron chi connectivity index (χ1n) is 5.23. The number of phenols is 1. The second kappa shape index (κ2) is 5.40. The number of anilines is 1. The monoisotopic (exact) mass is 301 g/mol. The van der Waals surface area contributed by atoms with Crippen LogP contribution < -0.4 is 10.5 Å². The summed E-state index contributed by atoms with van der Waals surface area (Å²) in [5.41, 5.74) is 6.22. The van der Waals surface area contributed by atoms with Crippen LogP contribution >= 0.6 is 15.9 Å². The lowest BCUT2D eigenvalue weighted by Crippen LogP contribution is -2.20. The van der Waals surface area contributed by atoms with E-state index in [9.17, 15) is 9.90 Å². The van der Waals surface area contributed by atoms with Crippen molar-refractivity contribution in [3.05, 3.63) is 17.7 Å². The Hall–Kier alpha value is -1.23. The van der Waals surface area contributed by atoms with Gasteiger partial charge in [0.25, 0.3) is 0 Å². The van der Waals surface area contributed by atoms with Crippen LogP contribution in [0, 0.1) is 5.92 Å². The Morgan fingerprint density at radius 3 is 2.53 bits per heavy atom. The zero-order valence-corrected chi connectivity index (χ0v) is 11.6. The van der Waals surface area contributed by atoms with E-state index in [-0.39, 0.29) is 33.6 Å². The molecule has 1 aromatic carbocycles. The van der Waals surface area contributed by atoms with E-state index in [4.69, 9.17) is 10.5 Å². The summed E-state index contributed by atoms with van der Waals surface area (Å²) in [6.45, 7) is 3.83. The Labute approximate surface area is 109 Å². The number of methoxy groups -OCH3 is 1. The number of ketones is 1. The zero-order chi connectivity index (χ0) is 13.2. The van der Waals surface area contributed by atoms with Gasteiger partial charge in [-0.3, -0.25) is 4.79 Å². The first kappa shape index (κ1) is 13.8. The first-order valence-corrected chi connectivity index (χ1v) is 6.14. The average molecular weight is 302 g/mol. The second-order valence-electron chi connectivity index (χ2n) is 4.13. The van der Waals surface area contributed by atoms with Crippen molar-refractivity contribution in [1.82, 2.24) is 0 Å². The van der Waals surface area contributed by atoms with Gasteiger partial charge in [0.15, 0.2) is 17.3 Å². The van der Waals surface area contributed by atoms with Crippen molar-refractivity contribution in [3.8, 4) is 11.5 Å². The molecule has 17 heavy (non-hydrogen) atoms. The predicted molar refractivity (Wildman–Crippen MR) is 71.0 cm³/mol. The Balaban J connectivity index is 3.22. The number of phenolic OH excluding ortho intramolecular Hbond substituents is 1. The van der Waals surface area contributed by atoms with Gasteiger partial charge in [-0.2, -0.15) is 0 Å². The third kappa shape index (κ3) is 2.91. The zero-order valence-electron chi connectivity index (χ0n) is 10.0. The summed E-state index contributed by atoms with van der Waals surface area (Å²) < 4.78 is 4.96. The van der Waals surface area contributed by atoms with Crippen LogP contribution in [0.15, 0.2) is 12.1 Å². The van der Waals surface area contributed by atoms with E-state index in [2.05, 4.69) is 15.9 Å². The number of benzene rings is 1. The van der Waals surface area contributed by atoms with Gasteiger partial charge in [0.05, 0.1) is 17.5 Å². The number of carbonyl (C=O) groups is 1. The maximum absolute atomic E-state index is 12.1. The molecule has 1 aromatic rings. The molecule has 0 saturated carbocycles. The highest BCUT2D eigenvalue weighted by Crippen LogP contribution is 2.34. The molecule has 0 fully saturated rings. The van der Waals surface area contributed by atoms with Crippen LogP contribution in [0.25, 0.3) is 0 Å². The quantitative estimate of drug-likeness (QED) is 0.388. The number of aromatic hydroxyl groups is 1. The van der Waals surface area contributed by atoms with Crippen molar-refractivity contribution in [2.75, 3.05) is 12.8 Å². The summed E-state index contributed by atoms with van der Waals surface area (Å²) >= 11 is 3.31. The minimum atomic E-state index is -0.361. The lowest BCUT2D eigenvalue weighted by molar-refractivity contribution is 0.0975. The largest absolute Gasteiger partial charge is 0.504 e. The van der Waals surface area contributed by atoms with Crippen molar-refractivity contribution >= 4 is 27.4 Å². The SMILES string of the molecule is COc1cc(N)cc(C(=O)C(Br)C(C)C)c1O. The van der Waals surface area contributed by atoms with Crippen LogP contribution in [0.2, 0.25) is 0 Å². The highest BCUT2D eigenvalue weighted by molar-refractivity contribution is 9.10. The lowest BCUT2D eigenvalue weighted by atomic mass is 9.99. The maximum atomic E-state index is 12.1. The van der Waals surface area contributed by atoms with Gasteiger partial charge < -0.3 is 15.6 Å². The van der Waals surface area contributed by atoms with Crippen LogP contribution in [0.5, 0.6) is 11.5 Å². The normalized spacial score (nSPS) is 12.5. The topological polar surface area (TPSA) is 72.5 Å². The standard InChI is InChI=1S/C12H16BrNO3/c1-6(2)10(13)12(16)8-4-7(14)5-9(17-3)11(8)15/h4-6,10,15H,14H2,1-3H3. The summed E-state index contributed by atoms with van der Waals surface area (Å²) in [5, 5.41) is 9.89. The van der Waals surface area contributed by atoms with Gasteiger partial charge in [0, 0.05) is 11.8 Å². The third-order valence-electron chi connectivity index (χ3n) is 2.42. The lowest BCUT2D eigenvalue weighted by Gasteiger charge is -2.15. The van der Waals surface area contributed by atoms with E-state index in [0.717, 1.165) is 0 Å². The number of hydrogen-bond acceptors (Lipinski definition) is 4. The molecular weight excluding hydrogens is 286 g/mol. The van der Waals surface area contributed by atoms with Crippen LogP contribution in [-0.4, -0.2) is 22.8 Å². The fourth-order valence-corrected chi connectivity index (χ4v) is 1.67. The fraction of sp³-hybridized carbons (Fsp3) is 0.417. The van der Waals surface area contributed by atoms with Gasteiger partial charge in [-0.15, -0.1) is 0 Å². The highest BCUT2D eigenvalue weighted by Gasteiger charge is 2.24. The van der Waals surface area contributed by atoms with Crippen LogP contribution in [0.1, 0.15) is 24.2 Å². The van der Waals surface area contributed by atoms with Gasteiger partial charge in [-0.25, -0.2) is 0 Å². The molecule has 5 heteroatoms. The number of nitrogen functional groups attached to an aromatic ring is 1. The molecule has 1 rings (SSSR count). The minimum Gasteiger partial charge on any atom is -0.504 e. The van der Waals surface area contributed by atoms with Crippen molar-refractivity contribution in [2.24, 2.45) is 5.92 Å². The molecule has 4 nitrogen and oxygen atoms in total. The Morgan fingerprint density at radius 1 is 1.47 bits per heavy atom. The summed E-state index contributed by atoms with van der Waals surface area (Å²) in [6, 6.07) is 2.93. The molecule has 0 spiro atoms. The molecule has 3 N–H and O–H groups in total. The Kier molecular flexibility index (Phi) is 4.40. The Morgan fingerprint density at radius 2 is 2.06 bits per heavy atom.